The summed E-state index contributed by atoms with van der Waals surface area (Å²) < 4.78 is 9.81. The molecule has 74 valence electrons. The van der Waals surface area contributed by atoms with E-state index in [1.807, 2.05) is 18.2 Å². The van der Waals surface area contributed by atoms with E-state index in [-0.39, 0.29) is 0 Å². The Labute approximate surface area is 81.1 Å². The molecule has 0 radical (unpaired) electrons. The summed E-state index contributed by atoms with van der Waals surface area (Å²) in [5.74, 6) is -2.92. The van der Waals surface area contributed by atoms with Gasteiger partial charge in [-0.3, -0.25) is 0 Å². The van der Waals surface area contributed by atoms with Crippen molar-refractivity contribution in [3.05, 3.63) is 35.9 Å². The summed E-state index contributed by atoms with van der Waals surface area (Å²) in [6, 6.07) is 9.04. The van der Waals surface area contributed by atoms with E-state index in [1.54, 1.807) is 12.1 Å². The van der Waals surface area contributed by atoms with E-state index in [0.29, 0.717) is 0 Å². The maximum atomic E-state index is 10.7. The van der Waals surface area contributed by atoms with Crippen LogP contribution in [0.5, 0.6) is 0 Å². The average molecular weight is 193 g/mol. The van der Waals surface area contributed by atoms with Crippen molar-refractivity contribution in [2.75, 3.05) is 7.11 Å². The van der Waals surface area contributed by atoms with E-state index in [9.17, 15) is 9.90 Å². The number of methoxy groups -OCH3 is 1. The van der Waals surface area contributed by atoms with Gasteiger partial charge < -0.3 is 19.4 Å². The van der Waals surface area contributed by atoms with Crippen molar-refractivity contribution < 1.29 is 19.4 Å². The fourth-order valence-corrected chi connectivity index (χ4v) is 1.45. The number of carboxylic acids is 1. The lowest BCUT2D eigenvalue weighted by atomic mass is 10.1. The lowest BCUT2D eigenvalue weighted by molar-refractivity contribution is -0.325. The normalized spacial score (nSPS) is 29.9. The maximum absolute atomic E-state index is 10.7. The molecule has 1 saturated heterocycles. The third-order valence-corrected chi connectivity index (χ3v) is 2.27. The summed E-state index contributed by atoms with van der Waals surface area (Å²) in [4.78, 5) is 10.7. The van der Waals surface area contributed by atoms with Crippen LogP contribution in [0.1, 0.15) is 11.7 Å². The molecular formula is C10H9O4-. The molecule has 1 aromatic carbocycles. The van der Waals surface area contributed by atoms with Gasteiger partial charge >= 0.3 is 0 Å². The monoisotopic (exact) mass is 193 g/mol. The van der Waals surface area contributed by atoms with Crippen LogP contribution in [0.4, 0.5) is 0 Å². The molecule has 0 N–H and O–H groups in total. The molecule has 0 bridgehead atoms. The molecule has 1 heterocycles. The lowest BCUT2D eigenvalue weighted by Gasteiger charge is -2.11. The Bertz CT molecular complexity index is 348. The molecule has 2 unspecified atom stereocenters. The molecule has 0 amide bonds. The van der Waals surface area contributed by atoms with Crippen molar-refractivity contribution in [3.8, 4) is 0 Å². The van der Waals surface area contributed by atoms with E-state index in [0.717, 1.165) is 5.56 Å². The zero-order valence-corrected chi connectivity index (χ0v) is 7.60. The summed E-state index contributed by atoms with van der Waals surface area (Å²) in [6.45, 7) is 0. The maximum Gasteiger partial charge on any atom is 0.241 e. The Balaban J connectivity index is 2.22. The van der Waals surface area contributed by atoms with E-state index < -0.39 is 17.9 Å². The number of aliphatic carboxylic acids is 1. The number of carboxylic acid groups (broad SMARTS) is 1. The second-order valence-electron chi connectivity index (χ2n) is 3.07. The van der Waals surface area contributed by atoms with E-state index in [2.05, 4.69) is 0 Å². The van der Waals surface area contributed by atoms with Crippen molar-refractivity contribution in [3.63, 3.8) is 0 Å². The Hall–Kier alpha value is -1.39. The van der Waals surface area contributed by atoms with E-state index >= 15 is 0 Å². The predicted octanol–water partition coefficient (Wildman–Crippen LogP) is -0.150. The number of ether oxygens (including phenoxy) is 2. The summed E-state index contributed by atoms with van der Waals surface area (Å²) in [5, 5.41) is 10.7. The summed E-state index contributed by atoms with van der Waals surface area (Å²) >= 11 is 0. The molecule has 4 nitrogen and oxygen atoms in total. The molecule has 1 fully saturated rings. The van der Waals surface area contributed by atoms with Gasteiger partial charge in [0.1, 0.15) is 12.1 Å². The van der Waals surface area contributed by atoms with Crippen LogP contribution >= 0.6 is 0 Å². The Morgan fingerprint density at radius 2 is 2.14 bits per heavy atom. The zero-order valence-electron chi connectivity index (χ0n) is 7.60. The van der Waals surface area contributed by atoms with Crippen LogP contribution in [-0.2, 0) is 14.3 Å². The van der Waals surface area contributed by atoms with Gasteiger partial charge in [-0.2, -0.15) is 0 Å². The molecule has 0 aromatic heterocycles. The summed E-state index contributed by atoms with van der Waals surface area (Å²) in [5.41, 5.74) is 0.776. The molecule has 0 aliphatic carbocycles. The van der Waals surface area contributed by atoms with Crippen molar-refractivity contribution in [1.29, 1.82) is 0 Å². The molecular weight excluding hydrogens is 184 g/mol. The third kappa shape index (κ3) is 1.20. The second-order valence-corrected chi connectivity index (χ2v) is 3.07. The smallest absolute Gasteiger partial charge is 0.241 e. The van der Waals surface area contributed by atoms with Gasteiger partial charge in [-0.25, -0.2) is 0 Å². The molecule has 0 spiro atoms. The first-order valence-corrected chi connectivity index (χ1v) is 4.20. The Kier molecular flexibility index (Phi) is 2.02. The van der Waals surface area contributed by atoms with Gasteiger partial charge in [0.25, 0.3) is 0 Å². The van der Waals surface area contributed by atoms with Gasteiger partial charge in [-0.05, 0) is 5.56 Å². The van der Waals surface area contributed by atoms with Gasteiger partial charge in [-0.15, -0.1) is 0 Å². The number of hydrogen-bond acceptors (Lipinski definition) is 4. The number of carbonyl (C=O) groups excluding carboxylic acids is 1. The summed E-state index contributed by atoms with van der Waals surface area (Å²) in [6.07, 6.45) is -0.557. The van der Waals surface area contributed by atoms with Crippen molar-refractivity contribution in [2.24, 2.45) is 0 Å². The molecule has 14 heavy (non-hydrogen) atoms. The van der Waals surface area contributed by atoms with Crippen molar-refractivity contribution in [2.45, 2.75) is 11.9 Å². The quantitative estimate of drug-likeness (QED) is 0.626. The molecule has 1 aliphatic rings. The van der Waals surface area contributed by atoms with E-state index in [4.69, 9.17) is 9.47 Å². The first-order chi connectivity index (χ1) is 6.70. The highest BCUT2D eigenvalue weighted by Crippen LogP contribution is 2.49. The molecule has 1 aliphatic heterocycles. The molecule has 0 saturated carbocycles. The Morgan fingerprint density at radius 3 is 2.57 bits per heavy atom. The fourth-order valence-electron chi connectivity index (χ4n) is 1.45. The zero-order chi connectivity index (χ0) is 10.2. The average Bonchev–Trinajstić information content (AvgIpc) is 2.95. The van der Waals surface area contributed by atoms with Gasteiger partial charge in [0.15, 0.2) is 0 Å². The van der Waals surface area contributed by atoms with Crippen LogP contribution in [0.25, 0.3) is 0 Å². The SMILES string of the molecule is COC1(C(=O)[O-])OC1c1ccccc1. The first kappa shape index (κ1) is 9.18. The lowest BCUT2D eigenvalue weighted by Crippen LogP contribution is -2.40. The molecule has 2 rings (SSSR count). The number of epoxide rings is 1. The van der Waals surface area contributed by atoms with E-state index in [1.165, 1.54) is 7.11 Å². The third-order valence-electron chi connectivity index (χ3n) is 2.27. The van der Waals surface area contributed by atoms with Crippen molar-refractivity contribution in [1.82, 2.24) is 0 Å². The van der Waals surface area contributed by atoms with Gasteiger partial charge in [0.2, 0.25) is 5.79 Å². The predicted molar refractivity (Wildman–Crippen MR) is 45.0 cm³/mol. The fraction of sp³-hybridized carbons (Fsp3) is 0.300. The minimum absolute atomic E-state index is 0.557. The summed E-state index contributed by atoms with van der Waals surface area (Å²) in [7, 11) is 1.29. The minimum Gasteiger partial charge on any atom is -0.544 e. The van der Waals surface area contributed by atoms with Gasteiger partial charge in [0, 0.05) is 7.11 Å². The van der Waals surface area contributed by atoms with Crippen molar-refractivity contribution >= 4 is 5.97 Å². The van der Waals surface area contributed by atoms with Crippen LogP contribution in [0, 0.1) is 0 Å². The highest BCUT2D eigenvalue weighted by atomic mass is 16.8. The number of rotatable bonds is 3. The van der Waals surface area contributed by atoms with Crippen LogP contribution in [-0.4, -0.2) is 18.9 Å². The number of carbonyl (C=O) groups is 1. The Morgan fingerprint density at radius 1 is 1.50 bits per heavy atom. The standard InChI is InChI=1S/C10H10O4/c1-13-10(9(11)12)8(14-10)7-5-3-2-4-6-7/h2-6,8H,1H3,(H,11,12)/p-1. The van der Waals surface area contributed by atoms with Crippen LogP contribution < -0.4 is 5.11 Å². The van der Waals surface area contributed by atoms with Crippen LogP contribution in [0.3, 0.4) is 0 Å². The van der Waals surface area contributed by atoms with Gasteiger partial charge in [0.05, 0.1) is 0 Å². The van der Waals surface area contributed by atoms with Crippen LogP contribution in [0.15, 0.2) is 30.3 Å². The largest absolute Gasteiger partial charge is 0.544 e. The second kappa shape index (κ2) is 3.08. The van der Waals surface area contributed by atoms with Gasteiger partial charge in [-0.1, -0.05) is 30.3 Å². The number of hydrogen-bond donors (Lipinski definition) is 0. The molecule has 2 atom stereocenters. The minimum atomic E-state index is -1.58. The molecule has 1 aromatic rings. The first-order valence-electron chi connectivity index (χ1n) is 4.20. The molecule has 4 heteroatoms. The highest BCUT2D eigenvalue weighted by molar-refractivity contribution is 5.78. The highest BCUT2D eigenvalue weighted by Gasteiger charge is 2.60. The number of benzene rings is 1. The topological polar surface area (TPSA) is 61.9 Å². The van der Waals surface area contributed by atoms with Crippen LogP contribution in [0.2, 0.25) is 0 Å².